The normalized spacial score (nSPS) is 14.4. The van der Waals surface area contributed by atoms with Gasteiger partial charge in [-0.05, 0) is 55.7 Å². The van der Waals surface area contributed by atoms with E-state index in [0.717, 1.165) is 12.8 Å². The smallest absolute Gasteiger partial charge is 0.319 e. The van der Waals surface area contributed by atoms with Crippen LogP contribution < -0.4 is 16.0 Å². The summed E-state index contributed by atoms with van der Waals surface area (Å²) in [5.74, 6) is -0.804. The highest BCUT2D eigenvalue weighted by molar-refractivity contribution is 6.30. The summed E-state index contributed by atoms with van der Waals surface area (Å²) in [5, 5.41) is 8.38. The number of benzene rings is 2. The molecule has 0 bridgehead atoms. The fourth-order valence-electron chi connectivity index (χ4n) is 2.46. The molecule has 1 atom stereocenters. The maximum Gasteiger partial charge on any atom is 0.319 e. The number of hydrogen-bond donors (Lipinski definition) is 3. The number of amides is 3. The summed E-state index contributed by atoms with van der Waals surface area (Å²) in [6.45, 7) is 1.78. The van der Waals surface area contributed by atoms with Crippen LogP contribution in [0.15, 0.2) is 42.5 Å². The lowest BCUT2D eigenvalue weighted by molar-refractivity contribution is 0.0940. The molecule has 1 saturated carbocycles. The van der Waals surface area contributed by atoms with Gasteiger partial charge in [0.15, 0.2) is 0 Å². The maximum absolute atomic E-state index is 13.3. The van der Waals surface area contributed by atoms with E-state index in [1.54, 1.807) is 37.3 Å². The second kappa shape index (κ2) is 7.74. The summed E-state index contributed by atoms with van der Waals surface area (Å²) in [4.78, 5) is 24.3. The molecule has 2 aromatic rings. The Morgan fingerprint density at radius 2 is 1.96 bits per heavy atom. The third-order valence-corrected chi connectivity index (χ3v) is 4.38. The number of carbonyl (C=O) groups is 2. The zero-order valence-electron chi connectivity index (χ0n) is 14.2. The van der Waals surface area contributed by atoms with Gasteiger partial charge in [0.25, 0.3) is 5.91 Å². The molecule has 0 heterocycles. The first-order valence-electron chi connectivity index (χ1n) is 8.36. The summed E-state index contributed by atoms with van der Waals surface area (Å²) in [7, 11) is 0. The molecule has 3 rings (SSSR count). The molecule has 3 N–H and O–H groups in total. The summed E-state index contributed by atoms with van der Waals surface area (Å²) < 4.78 is 13.3. The third-order valence-electron chi connectivity index (χ3n) is 4.09. The summed E-state index contributed by atoms with van der Waals surface area (Å²) in [5.41, 5.74) is 1.64. The fraction of sp³-hybridized carbons (Fsp3) is 0.263. The van der Waals surface area contributed by atoms with Crippen LogP contribution in [0.25, 0.3) is 0 Å². The van der Waals surface area contributed by atoms with Gasteiger partial charge in [-0.3, -0.25) is 4.79 Å². The lowest BCUT2D eigenvalue weighted by atomic mass is 10.1. The topological polar surface area (TPSA) is 70.2 Å². The van der Waals surface area contributed by atoms with Crippen molar-refractivity contribution in [2.45, 2.75) is 31.8 Å². The molecular formula is C19H19ClFN3O2. The predicted octanol–water partition coefficient (Wildman–Crippen LogP) is 4.25. The maximum atomic E-state index is 13.3. The third kappa shape index (κ3) is 4.73. The molecular weight excluding hydrogens is 357 g/mol. The number of urea groups is 1. The van der Waals surface area contributed by atoms with Crippen LogP contribution in [0.2, 0.25) is 5.02 Å². The number of nitrogens with one attached hydrogen (secondary N) is 3. The highest BCUT2D eigenvalue weighted by Gasteiger charge is 2.23. The first-order valence-corrected chi connectivity index (χ1v) is 8.73. The van der Waals surface area contributed by atoms with Crippen LogP contribution in [0.3, 0.4) is 0 Å². The monoisotopic (exact) mass is 375 g/mol. The molecule has 1 aliphatic carbocycles. The number of anilines is 1. The van der Waals surface area contributed by atoms with Crippen LogP contribution in [-0.4, -0.2) is 18.0 Å². The highest BCUT2D eigenvalue weighted by Crippen LogP contribution is 2.22. The van der Waals surface area contributed by atoms with Crippen molar-refractivity contribution in [3.8, 4) is 0 Å². The van der Waals surface area contributed by atoms with E-state index < -0.39 is 5.82 Å². The minimum atomic E-state index is -0.503. The van der Waals surface area contributed by atoms with E-state index in [1.165, 1.54) is 12.1 Å². The first kappa shape index (κ1) is 18.2. The van der Waals surface area contributed by atoms with E-state index >= 15 is 0 Å². The van der Waals surface area contributed by atoms with Gasteiger partial charge in [-0.2, -0.15) is 0 Å². The molecule has 1 aliphatic rings. The Kier molecular flexibility index (Phi) is 5.42. The molecule has 5 nitrogen and oxygen atoms in total. The van der Waals surface area contributed by atoms with Gasteiger partial charge in [-0.25, -0.2) is 9.18 Å². The zero-order chi connectivity index (χ0) is 18.7. The number of hydrogen-bond acceptors (Lipinski definition) is 2. The van der Waals surface area contributed by atoms with E-state index in [9.17, 15) is 14.0 Å². The SMILES string of the molecule is CC(NC(=O)c1cccc(NC(=O)NC2CC2)c1)c1ccc(F)c(Cl)c1. The highest BCUT2D eigenvalue weighted by atomic mass is 35.5. The van der Waals surface area contributed by atoms with Gasteiger partial charge in [0.2, 0.25) is 0 Å². The Balaban J connectivity index is 1.64. The predicted molar refractivity (Wildman–Crippen MR) is 98.9 cm³/mol. The van der Waals surface area contributed by atoms with Crippen LogP contribution in [-0.2, 0) is 0 Å². The van der Waals surface area contributed by atoms with Crippen molar-refractivity contribution in [3.63, 3.8) is 0 Å². The quantitative estimate of drug-likeness (QED) is 0.731. The molecule has 136 valence electrons. The summed E-state index contributed by atoms with van der Waals surface area (Å²) in [6.07, 6.45) is 2.00. The van der Waals surface area contributed by atoms with Crippen molar-refractivity contribution in [3.05, 3.63) is 64.4 Å². The zero-order valence-corrected chi connectivity index (χ0v) is 14.9. The molecule has 0 radical (unpaired) electrons. The molecule has 0 spiro atoms. The standard InChI is InChI=1S/C19H19ClFN3O2/c1-11(12-5-8-17(21)16(20)10-12)22-18(25)13-3-2-4-15(9-13)24-19(26)23-14-6-7-14/h2-5,8-11,14H,6-7H2,1H3,(H,22,25)(H2,23,24,26). The van der Waals surface area contributed by atoms with Crippen LogP contribution >= 0.6 is 11.6 Å². The van der Waals surface area contributed by atoms with Gasteiger partial charge in [0, 0.05) is 17.3 Å². The van der Waals surface area contributed by atoms with Crippen molar-refractivity contribution in [1.29, 1.82) is 0 Å². The molecule has 7 heteroatoms. The van der Waals surface area contributed by atoms with Crippen molar-refractivity contribution in [2.75, 3.05) is 5.32 Å². The molecule has 3 amide bonds. The Morgan fingerprint density at radius 3 is 2.65 bits per heavy atom. The summed E-state index contributed by atoms with van der Waals surface area (Å²) in [6, 6.07) is 10.6. The van der Waals surface area contributed by atoms with Crippen molar-refractivity contribution < 1.29 is 14.0 Å². The molecule has 0 saturated heterocycles. The van der Waals surface area contributed by atoms with Gasteiger partial charge >= 0.3 is 6.03 Å². The van der Waals surface area contributed by atoms with E-state index in [1.807, 2.05) is 0 Å². The van der Waals surface area contributed by atoms with Crippen LogP contribution in [0.1, 0.15) is 41.7 Å². The van der Waals surface area contributed by atoms with E-state index in [0.29, 0.717) is 16.8 Å². The lowest BCUT2D eigenvalue weighted by Crippen LogP contribution is -2.30. The van der Waals surface area contributed by atoms with Gasteiger partial charge < -0.3 is 16.0 Å². The van der Waals surface area contributed by atoms with Crippen LogP contribution in [0, 0.1) is 5.82 Å². The van der Waals surface area contributed by atoms with Crippen LogP contribution in [0.5, 0.6) is 0 Å². The van der Waals surface area contributed by atoms with Crippen LogP contribution in [0.4, 0.5) is 14.9 Å². The Morgan fingerprint density at radius 1 is 1.19 bits per heavy atom. The summed E-state index contributed by atoms with van der Waals surface area (Å²) >= 11 is 5.79. The lowest BCUT2D eigenvalue weighted by Gasteiger charge is -2.15. The largest absolute Gasteiger partial charge is 0.346 e. The molecule has 26 heavy (non-hydrogen) atoms. The van der Waals surface area contributed by atoms with E-state index in [4.69, 9.17) is 11.6 Å². The molecule has 1 unspecified atom stereocenters. The van der Waals surface area contributed by atoms with Crippen molar-refractivity contribution in [2.24, 2.45) is 0 Å². The van der Waals surface area contributed by atoms with Gasteiger partial charge in [0.05, 0.1) is 11.1 Å². The fourth-order valence-corrected chi connectivity index (χ4v) is 2.65. The average molecular weight is 376 g/mol. The van der Waals surface area contributed by atoms with Gasteiger partial charge in [0.1, 0.15) is 5.82 Å². The molecule has 1 fully saturated rings. The number of rotatable bonds is 5. The second-order valence-electron chi connectivity index (χ2n) is 6.32. The second-order valence-corrected chi connectivity index (χ2v) is 6.73. The molecule has 2 aromatic carbocycles. The number of halogens is 2. The van der Waals surface area contributed by atoms with Gasteiger partial charge in [-0.15, -0.1) is 0 Å². The Bertz CT molecular complexity index is 839. The molecule has 0 aromatic heterocycles. The average Bonchev–Trinajstić information content (AvgIpc) is 3.41. The van der Waals surface area contributed by atoms with Crippen molar-refractivity contribution in [1.82, 2.24) is 10.6 Å². The minimum absolute atomic E-state index is 0.0106. The van der Waals surface area contributed by atoms with E-state index in [2.05, 4.69) is 16.0 Å². The minimum Gasteiger partial charge on any atom is -0.346 e. The number of carbonyl (C=O) groups excluding carboxylic acids is 2. The Labute approximate surface area is 155 Å². The van der Waals surface area contributed by atoms with E-state index in [-0.39, 0.29) is 29.0 Å². The molecule has 0 aliphatic heterocycles. The van der Waals surface area contributed by atoms with Gasteiger partial charge in [-0.1, -0.05) is 23.7 Å². The first-order chi connectivity index (χ1) is 12.4. The Hall–Kier alpha value is -2.60. The van der Waals surface area contributed by atoms with Crippen molar-refractivity contribution >= 4 is 29.2 Å².